The molecule has 0 aliphatic rings. The number of aromatic nitrogens is 4. The van der Waals surface area contributed by atoms with E-state index in [1.807, 2.05) is 0 Å². The van der Waals surface area contributed by atoms with Crippen LogP contribution in [0.25, 0.3) is 0 Å². The standard InChI is InChI=1S/C10H9ClF2N4O/c1-17-15-9(14-16-17)5-18-10-7(12)2-6(4-11)3-8(10)13/h2-3H,4-5H2,1H3. The molecule has 18 heavy (non-hydrogen) atoms. The maximum absolute atomic E-state index is 13.5. The van der Waals surface area contributed by atoms with E-state index in [0.717, 1.165) is 12.1 Å². The van der Waals surface area contributed by atoms with Crippen molar-refractivity contribution in [1.29, 1.82) is 0 Å². The van der Waals surface area contributed by atoms with Crippen LogP contribution in [0.3, 0.4) is 0 Å². The van der Waals surface area contributed by atoms with E-state index in [4.69, 9.17) is 16.3 Å². The summed E-state index contributed by atoms with van der Waals surface area (Å²) in [5.41, 5.74) is 0.344. The average molecular weight is 275 g/mol. The Hall–Kier alpha value is -1.76. The molecular weight excluding hydrogens is 266 g/mol. The minimum Gasteiger partial charge on any atom is -0.479 e. The van der Waals surface area contributed by atoms with Gasteiger partial charge in [0.05, 0.1) is 7.05 Å². The summed E-state index contributed by atoms with van der Waals surface area (Å²) in [6, 6.07) is 2.24. The molecule has 96 valence electrons. The number of hydrogen-bond acceptors (Lipinski definition) is 4. The Morgan fingerprint density at radius 3 is 2.50 bits per heavy atom. The second-order valence-electron chi connectivity index (χ2n) is 3.51. The molecule has 5 nitrogen and oxygen atoms in total. The Balaban J connectivity index is 2.14. The largest absolute Gasteiger partial charge is 0.479 e. The number of benzene rings is 1. The average Bonchev–Trinajstić information content (AvgIpc) is 2.73. The minimum absolute atomic E-state index is 0.0276. The van der Waals surface area contributed by atoms with E-state index in [0.29, 0.717) is 5.56 Å². The molecule has 0 bridgehead atoms. The number of rotatable bonds is 4. The molecule has 0 saturated heterocycles. The number of halogens is 3. The summed E-state index contributed by atoms with van der Waals surface area (Å²) in [5.74, 6) is -1.84. The van der Waals surface area contributed by atoms with E-state index in [9.17, 15) is 8.78 Å². The summed E-state index contributed by atoms with van der Waals surface area (Å²) in [6.45, 7) is -0.165. The van der Waals surface area contributed by atoms with E-state index in [1.54, 1.807) is 7.05 Å². The van der Waals surface area contributed by atoms with Crippen LogP contribution < -0.4 is 4.74 Å². The van der Waals surface area contributed by atoms with Crippen LogP contribution in [0.1, 0.15) is 11.4 Å². The van der Waals surface area contributed by atoms with Gasteiger partial charge in [0.15, 0.2) is 24.0 Å². The molecule has 8 heteroatoms. The Labute approximate surface area is 106 Å². The minimum atomic E-state index is -0.811. The van der Waals surface area contributed by atoms with Gasteiger partial charge in [-0.25, -0.2) is 8.78 Å². The first-order valence-corrected chi connectivity index (χ1v) is 5.53. The Bertz CT molecular complexity index is 538. The molecule has 0 saturated carbocycles. The molecule has 1 aromatic carbocycles. The molecular formula is C10H9ClF2N4O. The highest BCUT2D eigenvalue weighted by atomic mass is 35.5. The van der Waals surface area contributed by atoms with Gasteiger partial charge in [-0.2, -0.15) is 4.80 Å². The highest BCUT2D eigenvalue weighted by Gasteiger charge is 2.13. The molecule has 0 fully saturated rings. The van der Waals surface area contributed by atoms with Crippen molar-refractivity contribution >= 4 is 11.6 Å². The highest BCUT2D eigenvalue weighted by molar-refractivity contribution is 6.17. The van der Waals surface area contributed by atoms with Crippen LogP contribution in [0.15, 0.2) is 12.1 Å². The van der Waals surface area contributed by atoms with Crippen LogP contribution in [0.2, 0.25) is 0 Å². The van der Waals surface area contributed by atoms with Crippen molar-refractivity contribution in [1.82, 2.24) is 20.2 Å². The van der Waals surface area contributed by atoms with E-state index in [2.05, 4.69) is 15.4 Å². The summed E-state index contributed by atoms with van der Waals surface area (Å²) in [7, 11) is 1.58. The monoisotopic (exact) mass is 274 g/mol. The number of hydrogen-bond donors (Lipinski definition) is 0. The zero-order valence-corrected chi connectivity index (χ0v) is 10.2. The normalized spacial score (nSPS) is 10.7. The van der Waals surface area contributed by atoms with Crippen LogP contribution in [0, 0.1) is 11.6 Å². The van der Waals surface area contributed by atoms with Crippen LogP contribution in [0.4, 0.5) is 8.78 Å². The van der Waals surface area contributed by atoms with Gasteiger partial charge in [0, 0.05) is 5.88 Å². The van der Waals surface area contributed by atoms with E-state index >= 15 is 0 Å². The van der Waals surface area contributed by atoms with Crippen molar-refractivity contribution < 1.29 is 13.5 Å². The van der Waals surface area contributed by atoms with Crippen molar-refractivity contribution in [3.63, 3.8) is 0 Å². The summed E-state index contributed by atoms with van der Waals surface area (Å²) < 4.78 is 32.0. The Kier molecular flexibility index (Phi) is 3.71. The van der Waals surface area contributed by atoms with Gasteiger partial charge < -0.3 is 4.74 Å². The quantitative estimate of drug-likeness (QED) is 0.798. The van der Waals surface area contributed by atoms with Gasteiger partial charge in [-0.05, 0) is 22.9 Å². The fourth-order valence-electron chi connectivity index (χ4n) is 1.35. The van der Waals surface area contributed by atoms with Crippen LogP contribution in [0.5, 0.6) is 5.75 Å². The smallest absolute Gasteiger partial charge is 0.212 e. The first-order chi connectivity index (χ1) is 8.60. The van der Waals surface area contributed by atoms with Crippen LogP contribution in [-0.4, -0.2) is 20.2 Å². The second-order valence-corrected chi connectivity index (χ2v) is 3.77. The van der Waals surface area contributed by atoms with E-state index in [-0.39, 0.29) is 18.3 Å². The summed E-state index contributed by atoms with van der Waals surface area (Å²) >= 11 is 5.49. The summed E-state index contributed by atoms with van der Waals surface area (Å²) in [6.07, 6.45) is 0. The third-order valence-corrected chi connectivity index (χ3v) is 2.42. The predicted molar refractivity (Wildman–Crippen MR) is 59.0 cm³/mol. The van der Waals surface area contributed by atoms with Gasteiger partial charge in [0.2, 0.25) is 5.82 Å². The predicted octanol–water partition coefficient (Wildman–Crippen LogP) is 1.81. The highest BCUT2D eigenvalue weighted by Crippen LogP contribution is 2.24. The van der Waals surface area contributed by atoms with Gasteiger partial charge >= 0.3 is 0 Å². The SMILES string of the molecule is Cn1nnc(COc2c(F)cc(CCl)cc2F)n1. The van der Waals surface area contributed by atoms with Gasteiger partial charge in [0.25, 0.3) is 0 Å². The third kappa shape index (κ3) is 2.73. The summed E-state index contributed by atoms with van der Waals surface area (Å²) in [5, 5.41) is 11.0. The third-order valence-electron chi connectivity index (χ3n) is 2.11. The molecule has 0 spiro atoms. The van der Waals surface area contributed by atoms with Crippen molar-refractivity contribution in [3.05, 3.63) is 35.2 Å². The lowest BCUT2D eigenvalue weighted by Gasteiger charge is -2.07. The van der Waals surface area contributed by atoms with Gasteiger partial charge in [-0.15, -0.1) is 21.8 Å². The van der Waals surface area contributed by atoms with Crippen molar-refractivity contribution in [2.45, 2.75) is 12.5 Å². The fraction of sp³-hybridized carbons (Fsp3) is 0.300. The number of tetrazole rings is 1. The molecule has 1 aromatic heterocycles. The molecule has 2 aromatic rings. The topological polar surface area (TPSA) is 52.8 Å². The molecule has 2 rings (SSSR count). The number of nitrogens with zero attached hydrogens (tertiary/aromatic N) is 4. The van der Waals surface area contributed by atoms with Crippen molar-refractivity contribution in [2.75, 3.05) is 0 Å². The Morgan fingerprint density at radius 2 is 2.00 bits per heavy atom. The lowest BCUT2D eigenvalue weighted by molar-refractivity contribution is 0.265. The van der Waals surface area contributed by atoms with Crippen LogP contribution >= 0.6 is 11.6 Å². The Morgan fingerprint density at radius 1 is 1.33 bits per heavy atom. The van der Waals surface area contributed by atoms with Gasteiger partial charge in [-0.1, -0.05) is 0 Å². The second kappa shape index (κ2) is 5.26. The number of aryl methyl sites for hydroxylation is 1. The molecule has 0 radical (unpaired) electrons. The number of alkyl halides is 1. The van der Waals surface area contributed by atoms with Crippen molar-refractivity contribution in [2.24, 2.45) is 7.05 Å². The first kappa shape index (κ1) is 12.7. The molecule has 1 heterocycles. The first-order valence-electron chi connectivity index (χ1n) is 4.99. The van der Waals surface area contributed by atoms with E-state index in [1.165, 1.54) is 4.80 Å². The molecule has 0 unspecified atom stereocenters. The molecule has 0 aliphatic carbocycles. The van der Waals surface area contributed by atoms with E-state index < -0.39 is 17.4 Å². The van der Waals surface area contributed by atoms with Crippen LogP contribution in [-0.2, 0) is 19.5 Å². The fourth-order valence-corrected chi connectivity index (χ4v) is 1.50. The van der Waals surface area contributed by atoms with Crippen molar-refractivity contribution in [3.8, 4) is 5.75 Å². The molecule has 0 atom stereocenters. The molecule has 0 aliphatic heterocycles. The molecule has 0 amide bonds. The zero-order valence-electron chi connectivity index (χ0n) is 9.40. The summed E-state index contributed by atoms with van der Waals surface area (Å²) in [4.78, 5) is 1.22. The van der Waals surface area contributed by atoms with Gasteiger partial charge in [0.1, 0.15) is 0 Å². The zero-order chi connectivity index (χ0) is 13.1. The maximum atomic E-state index is 13.5. The maximum Gasteiger partial charge on any atom is 0.212 e. The lowest BCUT2D eigenvalue weighted by Crippen LogP contribution is -2.03. The van der Waals surface area contributed by atoms with Gasteiger partial charge in [-0.3, -0.25) is 0 Å². The lowest BCUT2D eigenvalue weighted by atomic mass is 10.2. The number of ether oxygens (including phenoxy) is 1. The molecule has 0 N–H and O–H groups in total.